The van der Waals surface area contributed by atoms with Crippen LogP contribution in [0.3, 0.4) is 0 Å². The minimum absolute atomic E-state index is 0.298. The molecule has 2 rings (SSSR count). The first-order chi connectivity index (χ1) is 8.58. The molecule has 0 spiro atoms. The van der Waals surface area contributed by atoms with E-state index in [2.05, 4.69) is 26.2 Å². The number of rotatable bonds is 2. The second kappa shape index (κ2) is 5.69. The van der Waals surface area contributed by atoms with Crippen LogP contribution in [-0.2, 0) is 0 Å². The Labute approximate surface area is 122 Å². The number of hydrogen-bond acceptors (Lipinski definition) is 2. The van der Waals surface area contributed by atoms with Gasteiger partial charge in [0.1, 0.15) is 5.82 Å². The predicted molar refractivity (Wildman–Crippen MR) is 76.4 cm³/mol. The van der Waals surface area contributed by atoms with Crippen molar-refractivity contribution in [2.24, 2.45) is 0 Å². The second-order valence-electron chi connectivity index (χ2n) is 3.42. The van der Waals surface area contributed by atoms with E-state index in [-0.39, 0.29) is 5.91 Å². The van der Waals surface area contributed by atoms with Gasteiger partial charge in [-0.05, 0) is 46.3 Å². The predicted octanol–water partition coefficient (Wildman–Crippen LogP) is 4.40. The number of nitrogens with one attached hydrogen (secondary N) is 1. The summed E-state index contributed by atoms with van der Waals surface area (Å²) in [7, 11) is 0. The molecule has 0 saturated heterocycles. The molecule has 0 atom stereocenters. The molecule has 1 aromatic carbocycles. The first kappa shape index (κ1) is 13.3. The number of carbonyl (C=O) groups is 1. The van der Waals surface area contributed by atoms with Gasteiger partial charge < -0.3 is 5.32 Å². The van der Waals surface area contributed by atoms with Crippen molar-refractivity contribution in [3.63, 3.8) is 0 Å². The summed E-state index contributed by atoms with van der Waals surface area (Å²) >= 11 is 14.9. The van der Waals surface area contributed by atoms with Crippen LogP contribution in [0.2, 0.25) is 10.0 Å². The van der Waals surface area contributed by atoms with Gasteiger partial charge in [0.05, 0.1) is 14.5 Å². The lowest BCUT2D eigenvalue weighted by Crippen LogP contribution is -2.13. The van der Waals surface area contributed by atoms with Crippen LogP contribution >= 0.6 is 39.1 Å². The van der Waals surface area contributed by atoms with Gasteiger partial charge in [-0.3, -0.25) is 4.79 Å². The minimum atomic E-state index is -0.298. The second-order valence-corrected chi connectivity index (χ2v) is 5.09. The van der Waals surface area contributed by atoms with E-state index in [1.54, 1.807) is 30.5 Å². The van der Waals surface area contributed by atoms with Crippen LogP contribution in [0.15, 0.2) is 41.0 Å². The highest BCUT2D eigenvalue weighted by Gasteiger charge is 2.10. The Balaban J connectivity index is 2.22. The van der Waals surface area contributed by atoms with Crippen LogP contribution in [-0.4, -0.2) is 10.9 Å². The number of carbonyl (C=O) groups excluding carboxylic acids is 1. The van der Waals surface area contributed by atoms with Crippen molar-refractivity contribution in [1.29, 1.82) is 0 Å². The molecule has 0 aliphatic carbocycles. The normalized spacial score (nSPS) is 10.2. The Morgan fingerprint density at radius 3 is 2.67 bits per heavy atom. The quantitative estimate of drug-likeness (QED) is 0.876. The van der Waals surface area contributed by atoms with Crippen molar-refractivity contribution < 1.29 is 4.79 Å². The van der Waals surface area contributed by atoms with Crippen molar-refractivity contribution in [2.75, 3.05) is 5.32 Å². The van der Waals surface area contributed by atoms with Gasteiger partial charge in [0.25, 0.3) is 5.91 Å². The Morgan fingerprint density at radius 1 is 1.22 bits per heavy atom. The highest BCUT2D eigenvalue weighted by atomic mass is 79.9. The summed E-state index contributed by atoms with van der Waals surface area (Å²) in [5.74, 6) is 0.154. The fourth-order valence-corrected chi connectivity index (χ4v) is 1.95. The third-order valence-corrected chi connectivity index (χ3v) is 3.55. The number of aromatic nitrogens is 1. The average Bonchev–Trinajstić information content (AvgIpc) is 2.35. The van der Waals surface area contributed by atoms with Crippen LogP contribution in [0.5, 0.6) is 0 Å². The number of anilines is 1. The van der Waals surface area contributed by atoms with Crippen molar-refractivity contribution in [3.8, 4) is 0 Å². The van der Waals surface area contributed by atoms with Gasteiger partial charge in [-0.15, -0.1) is 0 Å². The highest BCUT2D eigenvalue weighted by molar-refractivity contribution is 9.10. The largest absolute Gasteiger partial charge is 0.306 e. The maximum Gasteiger partial charge on any atom is 0.256 e. The summed E-state index contributed by atoms with van der Waals surface area (Å²) in [6.45, 7) is 0. The summed E-state index contributed by atoms with van der Waals surface area (Å²) in [4.78, 5) is 16.0. The highest BCUT2D eigenvalue weighted by Crippen LogP contribution is 2.24. The van der Waals surface area contributed by atoms with Gasteiger partial charge in [-0.1, -0.05) is 23.2 Å². The molecule has 2 aromatic rings. The van der Waals surface area contributed by atoms with Gasteiger partial charge >= 0.3 is 0 Å². The van der Waals surface area contributed by atoms with Crippen LogP contribution in [0, 0.1) is 0 Å². The van der Waals surface area contributed by atoms with E-state index in [0.717, 1.165) is 0 Å². The lowest BCUT2D eigenvalue weighted by molar-refractivity contribution is 0.102. The lowest BCUT2D eigenvalue weighted by Gasteiger charge is -2.06. The standard InChI is InChI=1S/C12H7BrCl2N2O/c13-8-2-1-5-16-11(8)17-12(18)7-3-4-9(14)10(15)6-7/h1-6H,(H,16,17,18). The molecule has 0 fully saturated rings. The maximum absolute atomic E-state index is 12.0. The summed E-state index contributed by atoms with van der Waals surface area (Å²) in [6, 6.07) is 8.24. The smallest absolute Gasteiger partial charge is 0.256 e. The van der Waals surface area contributed by atoms with Gasteiger partial charge in [-0.2, -0.15) is 0 Å². The summed E-state index contributed by atoms with van der Waals surface area (Å²) in [5, 5.41) is 3.42. The Bertz CT molecular complexity index is 604. The van der Waals surface area contributed by atoms with Crippen LogP contribution in [0.25, 0.3) is 0 Å². The number of benzene rings is 1. The molecular formula is C12H7BrCl2N2O. The molecule has 92 valence electrons. The third kappa shape index (κ3) is 3.02. The van der Waals surface area contributed by atoms with E-state index in [4.69, 9.17) is 23.2 Å². The van der Waals surface area contributed by atoms with Crippen LogP contribution in [0.1, 0.15) is 10.4 Å². The number of pyridine rings is 1. The fourth-order valence-electron chi connectivity index (χ4n) is 1.29. The van der Waals surface area contributed by atoms with E-state index in [9.17, 15) is 4.79 Å². The van der Waals surface area contributed by atoms with E-state index >= 15 is 0 Å². The number of halogens is 3. The summed E-state index contributed by atoms with van der Waals surface area (Å²) < 4.78 is 0.707. The van der Waals surface area contributed by atoms with E-state index in [1.807, 2.05) is 0 Å². The van der Waals surface area contributed by atoms with Crippen LogP contribution in [0.4, 0.5) is 5.82 Å². The van der Waals surface area contributed by atoms with E-state index < -0.39 is 0 Å². The zero-order valence-corrected chi connectivity index (χ0v) is 12.1. The molecule has 1 heterocycles. The van der Waals surface area contributed by atoms with E-state index in [1.165, 1.54) is 6.07 Å². The lowest BCUT2D eigenvalue weighted by atomic mass is 10.2. The molecule has 0 bridgehead atoms. The average molecular weight is 346 g/mol. The third-order valence-electron chi connectivity index (χ3n) is 2.17. The first-order valence-electron chi connectivity index (χ1n) is 4.95. The summed E-state index contributed by atoms with van der Waals surface area (Å²) in [6.07, 6.45) is 1.59. The van der Waals surface area contributed by atoms with E-state index in [0.29, 0.717) is 25.9 Å². The molecule has 1 aromatic heterocycles. The Morgan fingerprint density at radius 2 is 2.00 bits per heavy atom. The van der Waals surface area contributed by atoms with Crippen molar-refractivity contribution in [3.05, 3.63) is 56.6 Å². The molecule has 1 amide bonds. The fraction of sp³-hybridized carbons (Fsp3) is 0. The maximum atomic E-state index is 12.0. The Hall–Kier alpha value is -1.10. The van der Waals surface area contributed by atoms with Crippen molar-refractivity contribution in [1.82, 2.24) is 4.98 Å². The number of hydrogen-bond donors (Lipinski definition) is 1. The van der Waals surface area contributed by atoms with Gasteiger partial charge in [-0.25, -0.2) is 4.98 Å². The van der Waals surface area contributed by atoms with Gasteiger partial charge in [0.2, 0.25) is 0 Å². The van der Waals surface area contributed by atoms with Gasteiger partial charge in [0, 0.05) is 11.8 Å². The minimum Gasteiger partial charge on any atom is -0.306 e. The molecule has 0 radical (unpaired) electrons. The van der Waals surface area contributed by atoms with Crippen LogP contribution < -0.4 is 5.32 Å². The summed E-state index contributed by atoms with van der Waals surface area (Å²) in [5.41, 5.74) is 0.418. The molecule has 6 heteroatoms. The molecular weight excluding hydrogens is 339 g/mol. The zero-order valence-electron chi connectivity index (χ0n) is 8.95. The van der Waals surface area contributed by atoms with Crippen molar-refractivity contribution in [2.45, 2.75) is 0 Å². The molecule has 0 aliphatic heterocycles. The van der Waals surface area contributed by atoms with Crippen molar-refractivity contribution >= 4 is 50.9 Å². The topological polar surface area (TPSA) is 42.0 Å². The molecule has 3 nitrogen and oxygen atoms in total. The molecule has 1 N–H and O–H groups in total. The van der Waals surface area contributed by atoms with Gasteiger partial charge in [0.15, 0.2) is 0 Å². The number of amides is 1. The molecule has 18 heavy (non-hydrogen) atoms. The first-order valence-corrected chi connectivity index (χ1v) is 6.50. The number of nitrogens with zero attached hydrogens (tertiary/aromatic N) is 1. The zero-order chi connectivity index (χ0) is 13.1. The monoisotopic (exact) mass is 344 g/mol. The molecule has 0 unspecified atom stereocenters. The SMILES string of the molecule is O=C(Nc1ncccc1Br)c1ccc(Cl)c(Cl)c1. The Kier molecular flexibility index (Phi) is 4.22. The molecule has 0 aliphatic rings. The molecule has 0 saturated carbocycles.